The molecule has 9 heteroatoms. The number of carbonyl (C=O) groups excluding carboxylic acids is 3. The van der Waals surface area contributed by atoms with Gasteiger partial charge in [0.05, 0.1) is 31.6 Å². The number of nitrogens with one attached hydrogen (secondary N) is 2. The number of halogens is 1. The minimum Gasteiger partial charge on any atom is -0.497 e. The standard InChI is InChI=1S/C24H24ClN3O5/c1-11-8-14(25)9-16-19(11)26-23(32)24(16)18-17(20(27-24)12(2)29)21(30)28(22(18)31)10-13-4-6-15(33-3)7-5-13/h4-9,12,17-18,20,27,29H,10H2,1-3H3,(H,26,32)/t12-,17+,18-,20+,24+/m1/s1. The van der Waals surface area contributed by atoms with Gasteiger partial charge in [-0.2, -0.15) is 0 Å². The Balaban J connectivity index is 1.60. The maximum atomic E-state index is 13.7. The second-order valence-electron chi connectivity index (χ2n) is 8.93. The van der Waals surface area contributed by atoms with Gasteiger partial charge >= 0.3 is 0 Å². The zero-order valence-corrected chi connectivity index (χ0v) is 19.1. The van der Waals surface area contributed by atoms with E-state index in [9.17, 15) is 19.5 Å². The Morgan fingerprint density at radius 1 is 1.18 bits per heavy atom. The summed E-state index contributed by atoms with van der Waals surface area (Å²) in [5.41, 5.74) is 1.13. The van der Waals surface area contributed by atoms with Gasteiger partial charge in [0, 0.05) is 22.3 Å². The van der Waals surface area contributed by atoms with Crippen LogP contribution < -0.4 is 15.4 Å². The molecule has 2 aromatic rings. The largest absolute Gasteiger partial charge is 0.497 e. The molecule has 1 spiro atoms. The van der Waals surface area contributed by atoms with Gasteiger partial charge in [0.1, 0.15) is 11.3 Å². The van der Waals surface area contributed by atoms with Crippen molar-refractivity contribution < 1.29 is 24.2 Å². The Kier molecular flexibility index (Phi) is 5.00. The minimum absolute atomic E-state index is 0.0698. The molecule has 0 bridgehead atoms. The summed E-state index contributed by atoms with van der Waals surface area (Å²) in [5, 5.41) is 17.0. The SMILES string of the molecule is COc1ccc(CN2C(=O)[C@@H]3[C@H]([C@@H](C)O)N[C@]4(C(=O)Nc5c(C)cc(Cl)cc54)[C@H]3C2=O)cc1. The highest BCUT2D eigenvalue weighted by Gasteiger charge is 2.71. The van der Waals surface area contributed by atoms with Crippen molar-refractivity contribution in [2.75, 3.05) is 12.4 Å². The molecule has 2 aromatic carbocycles. The van der Waals surface area contributed by atoms with Crippen LogP contribution in [0.5, 0.6) is 5.75 Å². The molecular weight excluding hydrogens is 446 g/mol. The number of amides is 3. The molecule has 33 heavy (non-hydrogen) atoms. The Morgan fingerprint density at radius 3 is 2.52 bits per heavy atom. The Morgan fingerprint density at radius 2 is 1.88 bits per heavy atom. The van der Waals surface area contributed by atoms with Crippen LogP contribution in [0.15, 0.2) is 36.4 Å². The van der Waals surface area contributed by atoms with Crippen molar-refractivity contribution in [3.8, 4) is 5.75 Å². The second kappa shape index (κ2) is 7.55. The van der Waals surface area contributed by atoms with Gasteiger partial charge in [-0.05, 0) is 49.2 Å². The van der Waals surface area contributed by atoms with E-state index in [0.29, 0.717) is 22.0 Å². The maximum absolute atomic E-state index is 13.7. The lowest BCUT2D eigenvalue weighted by molar-refractivity contribution is -0.143. The first kappa shape index (κ1) is 21.9. The van der Waals surface area contributed by atoms with Crippen LogP contribution in [0.4, 0.5) is 5.69 Å². The fourth-order valence-corrected chi connectivity index (χ4v) is 5.78. The lowest BCUT2D eigenvalue weighted by Crippen LogP contribution is -2.54. The monoisotopic (exact) mass is 469 g/mol. The number of likely N-dealkylation sites (tertiary alicyclic amines) is 1. The third-order valence-electron chi connectivity index (χ3n) is 7.03. The average Bonchev–Trinajstić information content (AvgIpc) is 3.36. The van der Waals surface area contributed by atoms with Crippen LogP contribution in [-0.2, 0) is 26.5 Å². The van der Waals surface area contributed by atoms with E-state index in [1.165, 1.54) is 4.90 Å². The lowest BCUT2D eigenvalue weighted by atomic mass is 9.76. The van der Waals surface area contributed by atoms with Gasteiger partial charge in [-0.15, -0.1) is 0 Å². The van der Waals surface area contributed by atoms with Crippen LogP contribution in [0.3, 0.4) is 0 Å². The minimum atomic E-state index is -1.49. The number of aryl methyl sites for hydroxylation is 1. The smallest absolute Gasteiger partial charge is 0.250 e. The van der Waals surface area contributed by atoms with Gasteiger partial charge in [0.15, 0.2) is 0 Å². The van der Waals surface area contributed by atoms with Gasteiger partial charge in [0.2, 0.25) is 17.7 Å². The molecule has 3 heterocycles. The third-order valence-corrected chi connectivity index (χ3v) is 7.25. The molecule has 8 nitrogen and oxygen atoms in total. The molecule has 0 saturated carbocycles. The van der Waals surface area contributed by atoms with E-state index < -0.39 is 47.2 Å². The molecule has 2 saturated heterocycles. The van der Waals surface area contributed by atoms with E-state index in [-0.39, 0.29) is 6.54 Å². The molecule has 5 rings (SSSR count). The molecule has 172 valence electrons. The number of imide groups is 1. The van der Waals surface area contributed by atoms with E-state index in [0.717, 1.165) is 11.1 Å². The molecule has 3 aliphatic heterocycles. The second-order valence-corrected chi connectivity index (χ2v) is 9.37. The zero-order chi connectivity index (χ0) is 23.7. The van der Waals surface area contributed by atoms with E-state index >= 15 is 0 Å². The number of carbonyl (C=O) groups is 3. The number of methoxy groups -OCH3 is 1. The summed E-state index contributed by atoms with van der Waals surface area (Å²) in [5.74, 6) is -2.49. The predicted molar refractivity (Wildman–Crippen MR) is 121 cm³/mol. The third kappa shape index (κ3) is 3.01. The van der Waals surface area contributed by atoms with E-state index in [1.54, 1.807) is 50.4 Å². The number of rotatable bonds is 4. The van der Waals surface area contributed by atoms with E-state index in [2.05, 4.69) is 10.6 Å². The first-order valence-electron chi connectivity index (χ1n) is 10.7. The number of hydrogen-bond donors (Lipinski definition) is 3. The molecule has 0 radical (unpaired) electrons. The number of fused-ring (bicyclic) bond motifs is 4. The summed E-state index contributed by atoms with van der Waals surface area (Å²) in [6.07, 6.45) is -0.966. The predicted octanol–water partition coefficient (Wildman–Crippen LogP) is 1.96. The normalized spacial score (nSPS) is 28.8. The fraction of sp³-hybridized carbons (Fsp3) is 0.375. The highest BCUT2D eigenvalue weighted by atomic mass is 35.5. The number of benzene rings is 2. The molecule has 0 aromatic heterocycles. The first-order valence-corrected chi connectivity index (χ1v) is 11.1. The van der Waals surface area contributed by atoms with Crippen LogP contribution in [0, 0.1) is 18.8 Å². The van der Waals surface area contributed by atoms with Gasteiger partial charge in [-0.25, -0.2) is 0 Å². The Labute approximate surface area is 195 Å². The number of anilines is 1. The van der Waals surface area contributed by atoms with E-state index in [1.807, 2.05) is 6.92 Å². The molecule has 0 aliphatic carbocycles. The van der Waals surface area contributed by atoms with Crippen LogP contribution >= 0.6 is 11.6 Å². The van der Waals surface area contributed by atoms with Gasteiger partial charge in [-0.1, -0.05) is 23.7 Å². The summed E-state index contributed by atoms with van der Waals surface area (Å²) in [7, 11) is 1.56. The zero-order valence-electron chi connectivity index (χ0n) is 18.4. The maximum Gasteiger partial charge on any atom is 0.250 e. The van der Waals surface area contributed by atoms with E-state index in [4.69, 9.17) is 16.3 Å². The number of hydrogen-bond acceptors (Lipinski definition) is 6. The molecular formula is C24H24ClN3O5. The van der Waals surface area contributed by atoms with Crippen molar-refractivity contribution in [2.24, 2.45) is 11.8 Å². The Bertz CT molecular complexity index is 1180. The fourth-order valence-electron chi connectivity index (χ4n) is 5.51. The first-order chi connectivity index (χ1) is 15.7. The summed E-state index contributed by atoms with van der Waals surface area (Å²) in [6, 6.07) is 9.70. The molecule has 0 unspecified atom stereocenters. The van der Waals surface area contributed by atoms with Crippen molar-refractivity contribution in [2.45, 2.75) is 38.1 Å². The number of aliphatic hydroxyl groups excluding tert-OH is 1. The lowest BCUT2D eigenvalue weighted by Gasteiger charge is -2.30. The number of nitrogens with zero attached hydrogens (tertiary/aromatic N) is 1. The molecule has 3 amide bonds. The van der Waals surface area contributed by atoms with Gasteiger partial charge < -0.3 is 15.2 Å². The van der Waals surface area contributed by atoms with Crippen molar-refractivity contribution in [1.29, 1.82) is 0 Å². The van der Waals surface area contributed by atoms with Gasteiger partial charge in [0.25, 0.3) is 0 Å². The number of ether oxygens (including phenoxy) is 1. The van der Waals surface area contributed by atoms with Crippen molar-refractivity contribution in [1.82, 2.24) is 10.2 Å². The van der Waals surface area contributed by atoms with Crippen LogP contribution in [0.25, 0.3) is 0 Å². The summed E-state index contributed by atoms with van der Waals surface area (Å²) in [4.78, 5) is 41.8. The highest BCUT2D eigenvalue weighted by molar-refractivity contribution is 6.31. The van der Waals surface area contributed by atoms with Crippen LogP contribution in [-0.4, -0.2) is 47.0 Å². The highest BCUT2D eigenvalue weighted by Crippen LogP contribution is 2.54. The van der Waals surface area contributed by atoms with Crippen LogP contribution in [0.1, 0.15) is 23.6 Å². The van der Waals surface area contributed by atoms with Crippen molar-refractivity contribution in [3.63, 3.8) is 0 Å². The molecule has 5 atom stereocenters. The topological polar surface area (TPSA) is 108 Å². The van der Waals surface area contributed by atoms with Crippen molar-refractivity contribution in [3.05, 3.63) is 58.1 Å². The summed E-state index contributed by atoms with van der Waals surface area (Å²) < 4.78 is 5.17. The summed E-state index contributed by atoms with van der Waals surface area (Å²) >= 11 is 6.32. The Hall–Kier alpha value is -2.94. The van der Waals surface area contributed by atoms with Crippen LogP contribution in [0.2, 0.25) is 5.02 Å². The quantitative estimate of drug-likeness (QED) is 0.591. The van der Waals surface area contributed by atoms with Gasteiger partial charge in [-0.3, -0.25) is 24.6 Å². The summed E-state index contributed by atoms with van der Waals surface area (Å²) in [6.45, 7) is 3.44. The molecule has 2 fully saturated rings. The number of aliphatic hydroxyl groups is 1. The average molecular weight is 470 g/mol. The van der Waals surface area contributed by atoms with Crippen molar-refractivity contribution >= 4 is 35.0 Å². The molecule has 3 N–H and O–H groups in total. The molecule has 3 aliphatic rings.